The minimum absolute atomic E-state index is 0.0521. The molecule has 3 aliphatic heterocycles. The van der Waals surface area contributed by atoms with E-state index in [9.17, 15) is 14.7 Å². The lowest BCUT2D eigenvalue weighted by atomic mass is 9.72. The first kappa shape index (κ1) is 19.2. The Bertz CT molecular complexity index is 749. The van der Waals surface area contributed by atoms with Crippen LogP contribution in [-0.4, -0.2) is 65.6 Å². The van der Waals surface area contributed by atoms with Gasteiger partial charge in [0.05, 0.1) is 11.7 Å². The van der Waals surface area contributed by atoms with E-state index in [-0.39, 0.29) is 29.1 Å². The lowest BCUT2D eigenvalue weighted by molar-refractivity contribution is -0.141. The van der Waals surface area contributed by atoms with Crippen LogP contribution in [0.5, 0.6) is 5.75 Å². The first-order valence-corrected chi connectivity index (χ1v) is 10.4. The van der Waals surface area contributed by atoms with Crippen molar-refractivity contribution < 1.29 is 19.4 Å². The lowest BCUT2D eigenvalue weighted by Crippen LogP contribution is -2.53. The zero-order valence-electron chi connectivity index (χ0n) is 16.7. The number of phenols is 1. The van der Waals surface area contributed by atoms with Crippen molar-refractivity contribution in [3.8, 4) is 5.75 Å². The van der Waals surface area contributed by atoms with E-state index in [1.54, 1.807) is 12.1 Å². The van der Waals surface area contributed by atoms with Crippen LogP contribution >= 0.6 is 0 Å². The van der Waals surface area contributed by atoms with Crippen molar-refractivity contribution in [1.82, 2.24) is 9.80 Å². The Morgan fingerprint density at radius 2 is 2.07 bits per heavy atom. The predicted octanol–water partition coefficient (Wildman–Crippen LogP) is 2.72. The number of hydrogen-bond donors (Lipinski definition) is 1. The number of amides is 2. The molecule has 1 aromatic carbocycles. The van der Waals surface area contributed by atoms with E-state index in [4.69, 9.17) is 4.74 Å². The van der Waals surface area contributed by atoms with Crippen molar-refractivity contribution in [2.75, 3.05) is 32.8 Å². The number of rotatable bonds is 3. The van der Waals surface area contributed by atoms with Crippen LogP contribution in [0.1, 0.15) is 54.4 Å². The number of carbonyl (C=O) groups excluding carboxylic acids is 2. The van der Waals surface area contributed by atoms with Gasteiger partial charge < -0.3 is 19.6 Å². The van der Waals surface area contributed by atoms with E-state index >= 15 is 0 Å². The molecule has 4 rings (SSSR count). The van der Waals surface area contributed by atoms with Gasteiger partial charge in [-0.05, 0) is 62.1 Å². The first-order valence-electron chi connectivity index (χ1n) is 10.4. The van der Waals surface area contributed by atoms with Crippen LogP contribution < -0.4 is 0 Å². The predicted molar refractivity (Wildman–Crippen MR) is 105 cm³/mol. The molecular weight excluding hydrogens is 356 g/mol. The number of aromatic hydroxyl groups is 1. The molecule has 2 amide bonds. The molecule has 1 aromatic rings. The Labute approximate surface area is 166 Å². The Kier molecular flexibility index (Phi) is 5.32. The van der Waals surface area contributed by atoms with Gasteiger partial charge in [0.2, 0.25) is 5.91 Å². The molecule has 3 aliphatic rings. The molecule has 0 radical (unpaired) electrons. The molecule has 1 unspecified atom stereocenters. The van der Waals surface area contributed by atoms with Crippen molar-refractivity contribution in [2.24, 2.45) is 5.41 Å². The molecule has 0 saturated carbocycles. The molecule has 152 valence electrons. The standard InChI is InChI=1S/C22H30N2O4/c1-16-4-5-18(19(25)13-16)21(27)23-10-8-22(9-11-23)7-6-20(26)24(15-22)14-17-3-2-12-28-17/h4-5,13,17,25H,2-3,6-12,14-15H2,1H3. The number of aryl methyl sites for hydroxylation is 1. The van der Waals surface area contributed by atoms with Gasteiger partial charge in [0.25, 0.3) is 5.91 Å². The lowest BCUT2D eigenvalue weighted by Gasteiger charge is -2.47. The minimum Gasteiger partial charge on any atom is -0.507 e. The van der Waals surface area contributed by atoms with Gasteiger partial charge in [-0.25, -0.2) is 0 Å². The first-order chi connectivity index (χ1) is 13.5. The molecular formula is C22H30N2O4. The third-order valence-corrected chi connectivity index (χ3v) is 6.69. The fourth-order valence-corrected chi connectivity index (χ4v) is 4.89. The molecule has 3 heterocycles. The molecule has 0 aromatic heterocycles. The summed E-state index contributed by atoms with van der Waals surface area (Å²) >= 11 is 0. The molecule has 28 heavy (non-hydrogen) atoms. The fourth-order valence-electron chi connectivity index (χ4n) is 4.89. The maximum atomic E-state index is 12.8. The SMILES string of the molecule is Cc1ccc(C(=O)N2CCC3(CCC(=O)N(CC4CCCO4)C3)CC2)c(O)c1. The average molecular weight is 386 g/mol. The van der Waals surface area contributed by atoms with E-state index in [0.717, 1.165) is 50.8 Å². The maximum absolute atomic E-state index is 12.8. The summed E-state index contributed by atoms with van der Waals surface area (Å²) in [5.41, 5.74) is 1.42. The second-order valence-electron chi connectivity index (χ2n) is 8.72. The summed E-state index contributed by atoms with van der Waals surface area (Å²) in [5.74, 6) is 0.191. The van der Waals surface area contributed by atoms with Gasteiger partial charge in [-0.3, -0.25) is 9.59 Å². The summed E-state index contributed by atoms with van der Waals surface area (Å²) in [7, 11) is 0. The summed E-state index contributed by atoms with van der Waals surface area (Å²) in [6, 6.07) is 5.20. The van der Waals surface area contributed by atoms with Crippen molar-refractivity contribution in [3.63, 3.8) is 0 Å². The Hall–Kier alpha value is -2.08. The molecule has 3 saturated heterocycles. The third-order valence-electron chi connectivity index (χ3n) is 6.69. The van der Waals surface area contributed by atoms with Gasteiger partial charge in [-0.1, -0.05) is 6.07 Å². The van der Waals surface area contributed by atoms with Gasteiger partial charge >= 0.3 is 0 Å². The number of carbonyl (C=O) groups is 2. The Balaban J connectivity index is 1.38. The normalized spacial score (nSPS) is 24.8. The smallest absolute Gasteiger partial charge is 0.257 e. The summed E-state index contributed by atoms with van der Waals surface area (Å²) in [4.78, 5) is 29.1. The maximum Gasteiger partial charge on any atom is 0.257 e. The van der Waals surface area contributed by atoms with Crippen LogP contribution in [-0.2, 0) is 9.53 Å². The fraction of sp³-hybridized carbons (Fsp3) is 0.636. The van der Waals surface area contributed by atoms with Gasteiger partial charge in [0.15, 0.2) is 0 Å². The number of nitrogens with zero attached hydrogens (tertiary/aromatic N) is 2. The molecule has 6 heteroatoms. The number of likely N-dealkylation sites (tertiary alicyclic amines) is 2. The van der Waals surface area contributed by atoms with Crippen LogP contribution in [0.2, 0.25) is 0 Å². The number of phenolic OH excluding ortho intramolecular Hbond substituents is 1. The molecule has 6 nitrogen and oxygen atoms in total. The van der Waals surface area contributed by atoms with E-state index in [2.05, 4.69) is 0 Å². The minimum atomic E-state index is -0.101. The molecule has 0 aliphatic carbocycles. The summed E-state index contributed by atoms with van der Waals surface area (Å²) < 4.78 is 5.73. The van der Waals surface area contributed by atoms with Gasteiger partial charge in [0.1, 0.15) is 5.75 Å². The quantitative estimate of drug-likeness (QED) is 0.867. The van der Waals surface area contributed by atoms with E-state index in [1.165, 1.54) is 0 Å². The second-order valence-corrected chi connectivity index (χ2v) is 8.72. The highest BCUT2D eigenvalue weighted by Gasteiger charge is 2.42. The van der Waals surface area contributed by atoms with Gasteiger partial charge in [0, 0.05) is 39.2 Å². The second kappa shape index (κ2) is 7.74. The number of ether oxygens (including phenoxy) is 1. The van der Waals surface area contributed by atoms with Crippen molar-refractivity contribution >= 4 is 11.8 Å². The largest absolute Gasteiger partial charge is 0.507 e. The molecule has 0 bridgehead atoms. The van der Waals surface area contributed by atoms with Crippen LogP contribution in [0.4, 0.5) is 0 Å². The number of hydrogen-bond acceptors (Lipinski definition) is 4. The topological polar surface area (TPSA) is 70.1 Å². The molecule has 1 spiro atoms. The van der Waals surface area contributed by atoms with E-state index < -0.39 is 0 Å². The number of benzene rings is 1. The van der Waals surface area contributed by atoms with Crippen LogP contribution in [0.15, 0.2) is 18.2 Å². The van der Waals surface area contributed by atoms with E-state index in [0.29, 0.717) is 31.6 Å². The zero-order chi connectivity index (χ0) is 19.7. The molecule has 3 fully saturated rings. The zero-order valence-corrected chi connectivity index (χ0v) is 16.7. The Morgan fingerprint density at radius 1 is 1.29 bits per heavy atom. The monoisotopic (exact) mass is 386 g/mol. The molecule has 1 atom stereocenters. The number of piperidine rings is 2. The summed E-state index contributed by atoms with van der Waals surface area (Å²) in [5, 5.41) is 10.1. The van der Waals surface area contributed by atoms with Crippen molar-refractivity contribution in [1.29, 1.82) is 0 Å². The summed E-state index contributed by atoms with van der Waals surface area (Å²) in [6.07, 6.45) is 5.62. The Morgan fingerprint density at radius 3 is 2.75 bits per heavy atom. The highest BCUT2D eigenvalue weighted by molar-refractivity contribution is 5.97. The van der Waals surface area contributed by atoms with Crippen LogP contribution in [0.25, 0.3) is 0 Å². The van der Waals surface area contributed by atoms with Crippen molar-refractivity contribution in [2.45, 2.75) is 51.6 Å². The average Bonchev–Trinajstić information content (AvgIpc) is 3.18. The van der Waals surface area contributed by atoms with Crippen molar-refractivity contribution in [3.05, 3.63) is 29.3 Å². The highest BCUT2D eigenvalue weighted by atomic mass is 16.5. The van der Waals surface area contributed by atoms with Crippen LogP contribution in [0.3, 0.4) is 0 Å². The van der Waals surface area contributed by atoms with Crippen LogP contribution in [0, 0.1) is 12.3 Å². The third kappa shape index (κ3) is 3.88. The van der Waals surface area contributed by atoms with E-state index in [1.807, 2.05) is 22.8 Å². The highest BCUT2D eigenvalue weighted by Crippen LogP contribution is 2.41. The van der Waals surface area contributed by atoms with Gasteiger partial charge in [-0.15, -0.1) is 0 Å². The summed E-state index contributed by atoms with van der Waals surface area (Å²) in [6.45, 7) is 5.54. The van der Waals surface area contributed by atoms with Gasteiger partial charge in [-0.2, -0.15) is 0 Å². The molecule has 1 N–H and O–H groups in total.